The van der Waals surface area contributed by atoms with Gasteiger partial charge < -0.3 is 34.5 Å². The van der Waals surface area contributed by atoms with Crippen LogP contribution in [0.3, 0.4) is 0 Å². The summed E-state index contributed by atoms with van der Waals surface area (Å²) < 4.78 is 11.1. The fraction of sp³-hybridized carbons (Fsp3) is 0.429. The first-order valence-electron chi connectivity index (χ1n) is 10.2. The van der Waals surface area contributed by atoms with Crippen molar-refractivity contribution in [1.82, 2.24) is 19.8 Å². The van der Waals surface area contributed by atoms with Crippen LogP contribution in [0, 0.1) is 0 Å². The average molecular weight is 448 g/mol. The SMILES string of the molecule is O=C(c1ccc2c(c1)OCCO2)N1CCCN(CCc2ncc[nH]2)CC1.O=CO.O=CO. The Morgan fingerprint density at radius 1 is 1.06 bits per heavy atom. The average Bonchev–Trinajstić information content (AvgIpc) is 3.22. The van der Waals surface area contributed by atoms with Crippen molar-refractivity contribution in [3.63, 3.8) is 0 Å². The first kappa shape index (κ1) is 24.7. The van der Waals surface area contributed by atoms with Crippen LogP contribution in [0.5, 0.6) is 11.5 Å². The third-order valence-electron chi connectivity index (χ3n) is 4.88. The summed E-state index contributed by atoms with van der Waals surface area (Å²) in [5.41, 5.74) is 0.665. The summed E-state index contributed by atoms with van der Waals surface area (Å²) in [7, 11) is 0. The van der Waals surface area contributed by atoms with Crippen LogP contribution < -0.4 is 9.47 Å². The van der Waals surface area contributed by atoms with Crippen LogP contribution in [0.2, 0.25) is 0 Å². The first-order chi connectivity index (χ1) is 15.6. The number of rotatable bonds is 4. The maximum Gasteiger partial charge on any atom is 0.290 e. The summed E-state index contributed by atoms with van der Waals surface area (Å²) in [5.74, 6) is 2.46. The molecule has 0 saturated carbocycles. The maximum atomic E-state index is 12.9. The van der Waals surface area contributed by atoms with Crippen molar-refractivity contribution in [2.45, 2.75) is 12.8 Å². The molecule has 2 aliphatic rings. The molecule has 174 valence electrons. The third kappa shape index (κ3) is 7.58. The smallest absolute Gasteiger partial charge is 0.290 e. The lowest BCUT2D eigenvalue weighted by molar-refractivity contribution is -0.123. The molecule has 0 atom stereocenters. The minimum Gasteiger partial charge on any atom is -0.486 e. The highest BCUT2D eigenvalue weighted by Crippen LogP contribution is 2.31. The Labute approximate surface area is 185 Å². The van der Waals surface area contributed by atoms with E-state index in [-0.39, 0.29) is 18.9 Å². The van der Waals surface area contributed by atoms with E-state index in [2.05, 4.69) is 14.9 Å². The topological polar surface area (TPSA) is 145 Å². The van der Waals surface area contributed by atoms with Crippen LogP contribution in [0.15, 0.2) is 30.6 Å². The zero-order chi connectivity index (χ0) is 23.2. The molecule has 0 aliphatic carbocycles. The number of carbonyl (C=O) groups is 3. The second-order valence-corrected chi connectivity index (χ2v) is 6.84. The second-order valence-electron chi connectivity index (χ2n) is 6.84. The molecule has 0 bridgehead atoms. The largest absolute Gasteiger partial charge is 0.486 e. The first-order valence-corrected chi connectivity index (χ1v) is 10.2. The van der Waals surface area contributed by atoms with Crippen molar-refractivity contribution >= 4 is 18.9 Å². The van der Waals surface area contributed by atoms with Gasteiger partial charge in [0.25, 0.3) is 18.9 Å². The summed E-state index contributed by atoms with van der Waals surface area (Å²) in [6, 6.07) is 5.46. The van der Waals surface area contributed by atoms with Gasteiger partial charge in [-0.1, -0.05) is 0 Å². The molecule has 11 nitrogen and oxygen atoms in total. The number of aromatic nitrogens is 2. The molecule has 1 saturated heterocycles. The predicted molar refractivity (Wildman–Crippen MR) is 114 cm³/mol. The fourth-order valence-corrected chi connectivity index (χ4v) is 3.46. The highest BCUT2D eigenvalue weighted by molar-refractivity contribution is 5.95. The molecular weight excluding hydrogens is 420 g/mol. The zero-order valence-electron chi connectivity index (χ0n) is 17.7. The fourth-order valence-electron chi connectivity index (χ4n) is 3.46. The molecule has 0 spiro atoms. The van der Waals surface area contributed by atoms with E-state index in [0.717, 1.165) is 51.4 Å². The highest BCUT2D eigenvalue weighted by atomic mass is 16.6. The maximum absolute atomic E-state index is 12.9. The standard InChI is InChI=1S/C19H24N4O3.2CH2O2/c24-19(15-2-3-16-17(14-15)26-13-12-25-16)23-8-1-7-22(10-11-23)9-4-18-20-5-6-21-18;2*2-1-3/h2-3,5-6,14H,1,4,7-13H2,(H,20,21);2*1H,(H,2,3). The Morgan fingerprint density at radius 2 is 1.78 bits per heavy atom. The molecule has 1 aromatic heterocycles. The Hall–Kier alpha value is -3.60. The normalized spacial score (nSPS) is 15.2. The number of benzene rings is 1. The van der Waals surface area contributed by atoms with E-state index in [1.54, 1.807) is 12.3 Å². The van der Waals surface area contributed by atoms with Gasteiger partial charge in [0, 0.05) is 50.6 Å². The van der Waals surface area contributed by atoms with Gasteiger partial charge in [0.1, 0.15) is 19.0 Å². The number of H-pyrrole nitrogens is 1. The van der Waals surface area contributed by atoms with Crippen LogP contribution in [0.4, 0.5) is 0 Å². The molecule has 0 radical (unpaired) electrons. The Bertz CT molecular complexity index is 839. The van der Waals surface area contributed by atoms with Crippen molar-refractivity contribution in [1.29, 1.82) is 0 Å². The lowest BCUT2D eigenvalue weighted by atomic mass is 10.1. The predicted octanol–water partition coefficient (Wildman–Crippen LogP) is 0.973. The number of hydrogen-bond acceptors (Lipinski definition) is 7. The van der Waals surface area contributed by atoms with Crippen LogP contribution in [-0.2, 0) is 16.0 Å². The molecule has 3 heterocycles. The monoisotopic (exact) mass is 448 g/mol. The minimum atomic E-state index is -0.250. The van der Waals surface area contributed by atoms with Gasteiger partial charge in [-0.3, -0.25) is 14.4 Å². The number of imidazole rings is 1. The van der Waals surface area contributed by atoms with Gasteiger partial charge in [-0.15, -0.1) is 0 Å². The molecule has 1 aromatic carbocycles. The quantitative estimate of drug-likeness (QED) is 0.583. The van der Waals surface area contributed by atoms with Crippen LogP contribution >= 0.6 is 0 Å². The van der Waals surface area contributed by atoms with Gasteiger partial charge in [0.2, 0.25) is 0 Å². The second kappa shape index (κ2) is 13.7. The van der Waals surface area contributed by atoms with E-state index < -0.39 is 0 Å². The van der Waals surface area contributed by atoms with E-state index in [1.165, 1.54) is 0 Å². The number of carboxylic acid groups (broad SMARTS) is 2. The van der Waals surface area contributed by atoms with Crippen LogP contribution in [0.25, 0.3) is 0 Å². The summed E-state index contributed by atoms with van der Waals surface area (Å²) in [4.78, 5) is 41.4. The Kier molecular flexibility index (Phi) is 10.5. The zero-order valence-corrected chi connectivity index (χ0v) is 17.7. The molecule has 32 heavy (non-hydrogen) atoms. The van der Waals surface area contributed by atoms with Crippen molar-refractivity contribution < 1.29 is 34.1 Å². The number of hydrogen-bond donors (Lipinski definition) is 3. The number of fused-ring (bicyclic) bond motifs is 1. The highest BCUT2D eigenvalue weighted by Gasteiger charge is 2.22. The summed E-state index contributed by atoms with van der Waals surface area (Å²) in [5, 5.41) is 13.8. The van der Waals surface area contributed by atoms with E-state index in [4.69, 9.17) is 29.3 Å². The van der Waals surface area contributed by atoms with Gasteiger partial charge in [0.05, 0.1) is 0 Å². The van der Waals surface area contributed by atoms with Crippen LogP contribution in [0.1, 0.15) is 22.6 Å². The van der Waals surface area contributed by atoms with Crippen molar-refractivity contribution in [2.75, 3.05) is 45.9 Å². The van der Waals surface area contributed by atoms with Crippen molar-refractivity contribution in [2.24, 2.45) is 0 Å². The van der Waals surface area contributed by atoms with Crippen molar-refractivity contribution in [3.8, 4) is 11.5 Å². The number of amides is 1. The number of aromatic amines is 1. The molecule has 0 unspecified atom stereocenters. The summed E-state index contributed by atoms with van der Waals surface area (Å²) in [6.07, 6.45) is 5.52. The summed E-state index contributed by atoms with van der Waals surface area (Å²) in [6.45, 7) is 4.96. The minimum absolute atomic E-state index is 0.0647. The molecule has 4 rings (SSSR count). The lowest BCUT2D eigenvalue weighted by Crippen LogP contribution is -2.35. The molecular formula is C21H28N4O7. The van der Waals surface area contributed by atoms with Crippen LogP contribution in [-0.4, -0.2) is 94.8 Å². The molecule has 3 N–H and O–H groups in total. The van der Waals surface area contributed by atoms with E-state index in [0.29, 0.717) is 30.3 Å². The lowest BCUT2D eigenvalue weighted by Gasteiger charge is -2.23. The molecule has 1 amide bonds. The van der Waals surface area contributed by atoms with E-state index in [9.17, 15) is 4.79 Å². The molecule has 2 aromatic rings. The summed E-state index contributed by atoms with van der Waals surface area (Å²) >= 11 is 0. The molecule has 11 heteroatoms. The number of ether oxygens (including phenoxy) is 2. The third-order valence-corrected chi connectivity index (χ3v) is 4.88. The molecule has 1 fully saturated rings. The number of nitrogens with zero attached hydrogens (tertiary/aromatic N) is 3. The van der Waals surface area contributed by atoms with Gasteiger partial charge in [-0.05, 0) is 31.2 Å². The molecule has 2 aliphatic heterocycles. The number of carbonyl (C=O) groups excluding carboxylic acids is 1. The number of nitrogens with one attached hydrogen (secondary N) is 1. The van der Waals surface area contributed by atoms with Gasteiger partial charge in [0.15, 0.2) is 11.5 Å². The van der Waals surface area contributed by atoms with E-state index in [1.807, 2.05) is 23.2 Å². The van der Waals surface area contributed by atoms with Gasteiger partial charge >= 0.3 is 0 Å². The van der Waals surface area contributed by atoms with Gasteiger partial charge in [-0.25, -0.2) is 4.98 Å². The van der Waals surface area contributed by atoms with Crippen molar-refractivity contribution in [3.05, 3.63) is 42.0 Å². The van der Waals surface area contributed by atoms with Gasteiger partial charge in [-0.2, -0.15) is 0 Å². The van der Waals surface area contributed by atoms with E-state index >= 15 is 0 Å². The Balaban J connectivity index is 0.000000547. The Morgan fingerprint density at radius 3 is 2.47 bits per heavy atom.